The fourth-order valence-corrected chi connectivity index (χ4v) is 4.67. The molecule has 0 atom stereocenters. The summed E-state index contributed by atoms with van der Waals surface area (Å²) in [4.78, 5) is 18.5. The molecule has 1 aromatic rings. The summed E-state index contributed by atoms with van der Waals surface area (Å²) in [7, 11) is 0. The zero-order valence-electron chi connectivity index (χ0n) is 9.58. The van der Waals surface area contributed by atoms with E-state index in [-0.39, 0.29) is 11.7 Å². The number of rotatable bonds is 5. The fraction of sp³-hybridized carbons (Fsp3) is 0.545. The number of ether oxygens (including phenoxy) is 1. The summed E-state index contributed by atoms with van der Waals surface area (Å²) in [6, 6.07) is 3.30. The maximum absolute atomic E-state index is 11.3. The molecule has 1 rings (SSSR count). The Labute approximate surface area is 94.7 Å². The summed E-state index contributed by atoms with van der Waals surface area (Å²) < 4.78 is 11.3. The third kappa shape index (κ3) is 5.25. The Kier molecular flexibility index (Phi) is 4.70. The number of furan rings is 1. The van der Waals surface area contributed by atoms with Crippen LogP contribution in [0.2, 0.25) is 19.3 Å². The van der Waals surface area contributed by atoms with Crippen LogP contribution >= 0.6 is 0 Å². The first kappa shape index (κ1) is 12.6. The van der Waals surface area contributed by atoms with Crippen molar-refractivity contribution in [2.24, 2.45) is 0 Å². The molecule has 0 bridgehead atoms. The van der Waals surface area contributed by atoms with Gasteiger partial charge in [0.15, 0.2) is 0 Å². The third-order valence-electron chi connectivity index (χ3n) is 2.03. The SMILES string of the molecule is [CH3][Sn]([CH3])([CH3])[CH2]CCOC(=O)c1ccco1. The fourth-order valence-electron chi connectivity index (χ4n) is 1.23. The average Bonchev–Trinajstić information content (AvgIpc) is 2.63. The van der Waals surface area contributed by atoms with Crippen molar-refractivity contribution < 1.29 is 13.9 Å². The molecule has 0 saturated carbocycles. The van der Waals surface area contributed by atoms with Crippen LogP contribution in [0.3, 0.4) is 0 Å². The van der Waals surface area contributed by atoms with Crippen molar-refractivity contribution in [3.8, 4) is 0 Å². The monoisotopic (exact) mass is 318 g/mol. The van der Waals surface area contributed by atoms with Crippen LogP contribution in [0.5, 0.6) is 0 Å². The van der Waals surface area contributed by atoms with Crippen LogP contribution in [0.1, 0.15) is 17.0 Å². The van der Waals surface area contributed by atoms with Gasteiger partial charge in [0.1, 0.15) is 0 Å². The van der Waals surface area contributed by atoms with Crippen LogP contribution in [-0.2, 0) is 4.74 Å². The Morgan fingerprint density at radius 2 is 2.20 bits per heavy atom. The Morgan fingerprint density at radius 3 is 2.73 bits per heavy atom. The molecule has 1 heterocycles. The van der Waals surface area contributed by atoms with Crippen molar-refractivity contribution in [2.75, 3.05) is 6.61 Å². The molecule has 0 fully saturated rings. The molecule has 0 aliphatic heterocycles. The summed E-state index contributed by atoms with van der Waals surface area (Å²) in [5, 5.41) is 0. The quantitative estimate of drug-likeness (QED) is 0.476. The van der Waals surface area contributed by atoms with Crippen LogP contribution in [0.4, 0.5) is 0 Å². The molecule has 0 amide bonds. The summed E-state index contributed by atoms with van der Waals surface area (Å²) in [6.07, 6.45) is 2.45. The van der Waals surface area contributed by atoms with E-state index in [1.807, 2.05) is 0 Å². The molecule has 0 radical (unpaired) electrons. The van der Waals surface area contributed by atoms with Crippen molar-refractivity contribution in [1.82, 2.24) is 0 Å². The van der Waals surface area contributed by atoms with Gasteiger partial charge in [0.2, 0.25) is 0 Å². The Balaban J connectivity index is 2.19. The second-order valence-electron chi connectivity index (χ2n) is 4.78. The summed E-state index contributed by atoms with van der Waals surface area (Å²) in [5.41, 5.74) is 0. The van der Waals surface area contributed by atoms with Gasteiger partial charge in [-0.2, -0.15) is 0 Å². The van der Waals surface area contributed by atoms with Gasteiger partial charge < -0.3 is 0 Å². The van der Waals surface area contributed by atoms with Gasteiger partial charge in [0, 0.05) is 0 Å². The molecular formula is C11H18O3Sn. The minimum absolute atomic E-state index is 0.286. The van der Waals surface area contributed by atoms with E-state index in [1.165, 1.54) is 10.7 Å². The minimum atomic E-state index is -1.68. The van der Waals surface area contributed by atoms with Gasteiger partial charge in [-0.15, -0.1) is 0 Å². The van der Waals surface area contributed by atoms with Gasteiger partial charge in [-0.25, -0.2) is 0 Å². The predicted octanol–water partition coefficient (Wildman–Crippen LogP) is 3.16. The molecule has 0 saturated heterocycles. The van der Waals surface area contributed by atoms with E-state index in [2.05, 4.69) is 14.8 Å². The van der Waals surface area contributed by atoms with Crippen molar-refractivity contribution in [2.45, 2.75) is 25.7 Å². The topological polar surface area (TPSA) is 39.4 Å². The number of esters is 1. The molecule has 0 N–H and O–H groups in total. The van der Waals surface area contributed by atoms with E-state index in [1.54, 1.807) is 12.1 Å². The molecular weight excluding hydrogens is 299 g/mol. The molecule has 0 aliphatic rings. The normalized spacial score (nSPS) is 11.4. The van der Waals surface area contributed by atoms with Gasteiger partial charge >= 0.3 is 94.7 Å². The molecule has 4 heteroatoms. The van der Waals surface area contributed by atoms with E-state index in [4.69, 9.17) is 9.15 Å². The standard InChI is InChI=1S/C8H9O3.3CH3.Sn/c1-2-5-11-8(9)7-4-3-6-10-7;;;;/h3-4,6H,1-2,5H2;3*1H3;. The predicted molar refractivity (Wildman–Crippen MR) is 61.8 cm³/mol. The second kappa shape index (κ2) is 5.58. The van der Waals surface area contributed by atoms with Crippen LogP contribution in [0.25, 0.3) is 0 Å². The van der Waals surface area contributed by atoms with E-state index in [9.17, 15) is 4.79 Å². The van der Waals surface area contributed by atoms with E-state index >= 15 is 0 Å². The summed E-state index contributed by atoms with van der Waals surface area (Å²) in [5.74, 6) is -0.0709. The van der Waals surface area contributed by atoms with Gasteiger partial charge in [-0.05, 0) is 0 Å². The van der Waals surface area contributed by atoms with Gasteiger partial charge in [-0.1, -0.05) is 0 Å². The molecule has 0 unspecified atom stereocenters. The molecule has 0 aliphatic carbocycles. The van der Waals surface area contributed by atoms with E-state index in [0.717, 1.165) is 6.42 Å². The first-order chi connectivity index (χ1) is 6.99. The van der Waals surface area contributed by atoms with Crippen molar-refractivity contribution in [3.05, 3.63) is 24.2 Å². The first-order valence-electron chi connectivity index (χ1n) is 5.20. The van der Waals surface area contributed by atoms with E-state index in [0.29, 0.717) is 6.61 Å². The Hall–Kier alpha value is -0.451. The summed E-state index contributed by atoms with van der Waals surface area (Å²) >= 11 is -1.68. The average molecular weight is 317 g/mol. The summed E-state index contributed by atoms with van der Waals surface area (Å²) in [6.45, 7) is 0.508. The Morgan fingerprint density at radius 1 is 1.47 bits per heavy atom. The number of carbonyl (C=O) groups excluding carboxylic acids is 1. The van der Waals surface area contributed by atoms with Crippen LogP contribution in [0.15, 0.2) is 22.8 Å². The third-order valence-corrected chi connectivity index (χ3v) is 7.32. The molecule has 0 spiro atoms. The molecule has 15 heavy (non-hydrogen) atoms. The van der Waals surface area contributed by atoms with Crippen LogP contribution < -0.4 is 0 Å². The molecule has 84 valence electrons. The second-order valence-corrected chi connectivity index (χ2v) is 20.8. The molecule has 1 aromatic heterocycles. The number of hydrogen-bond acceptors (Lipinski definition) is 3. The number of hydrogen-bond donors (Lipinski definition) is 0. The Bertz CT molecular complexity index is 298. The van der Waals surface area contributed by atoms with Crippen LogP contribution in [0, 0.1) is 0 Å². The van der Waals surface area contributed by atoms with Crippen molar-refractivity contribution in [3.63, 3.8) is 0 Å². The number of carbonyl (C=O) groups is 1. The van der Waals surface area contributed by atoms with Crippen molar-refractivity contribution >= 4 is 24.3 Å². The van der Waals surface area contributed by atoms with Crippen LogP contribution in [-0.4, -0.2) is 31.0 Å². The molecule has 0 aromatic carbocycles. The van der Waals surface area contributed by atoms with E-state index < -0.39 is 18.4 Å². The first-order valence-corrected chi connectivity index (χ1v) is 15.8. The maximum atomic E-state index is 11.3. The van der Waals surface area contributed by atoms with Gasteiger partial charge in [-0.3, -0.25) is 0 Å². The zero-order chi connectivity index (χ0) is 11.3. The molecule has 3 nitrogen and oxygen atoms in total. The van der Waals surface area contributed by atoms with Crippen molar-refractivity contribution in [1.29, 1.82) is 0 Å². The zero-order valence-corrected chi connectivity index (χ0v) is 12.4. The van der Waals surface area contributed by atoms with Gasteiger partial charge in [0.25, 0.3) is 0 Å². The van der Waals surface area contributed by atoms with Gasteiger partial charge in [0.05, 0.1) is 0 Å².